The third kappa shape index (κ3) is 6.96. The molecule has 3 aromatic rings. The van der Waals surface area contributed by atoms with Gasteiger partial charge in [0.25, 0.3) is 0 Å². The number of hydrogen-bond acceptors (Lipinski definition) is 4. The Kier molecular flexibility index (Phi) is 8.35. The van der Waals surface area contributed by atoms with Gasteiger partial charge in [-0.15, -0.1) is 0 Å². The van der Waals surface area contributed by atoms with Crippen molar-refractivity contribution in [3.8, 4) is 5.75 Å². The standard InChI is InChI=1S/C25H27Cl2NO3/c1-17(12-18-8-10-23(29)11-9-18)28(15-24(30)19-4-2-6-21(26)13-19)16-25(31)20-5-3-7-22(27)14-20/h2-11,13-14,17,24-25,29-31H,12,15-16H2,1H3/t17-,24-,25-/m0/s1. The smallest absolute Gasteiger partial charge is 0.115 e. The van der Waals surface area contributed by atoms with Gasteiger partial charge in [-0.05, 0) is 66.4 Å². The largest absolute Gasteiger partial charge is 0.508 e. The number of nitrogens with zero attached hydrogens (tertiary/aromatic N) is 1. The minimum atomic E-state index is -0.757. The van der Waals surface area contributed by atoms with Crippen molar-refractivity contribution in [3.63, 3.8) is 0 Å². The van der Waals surface area contributed by atoms with Crippen LogP contribution in [0.2, 0.25) is 10.0 Å². The first-order valence-corrected chi connectivity index (χ1v) is 11.0. The normalized spacial score (nSPS) is 14.4. The van der Waals surface area contributed by atoms with Crippen LogP contribution in [0.25, 0.3) is 0 Å². The Bertz CT molecular complexity index is 927. The zero-order chi connectivity index (χ0) is 22.4. The summed E-state index contributed by atoms with van der Waals surface area (Å²) in [5.41, 5.74) is 2.52. The summed E-state index contributed by atoms with van der Waals surface area (Å²) in [6, 6.07) is 21.4. The Morgan fingerprint density at radius 1 is 0.774 bits per heavy atom. The first-order valence-electron chi connectivity index (χ1n) is 10.2. The highest BCUT2D eigenvalue weighted by Crippen LogP contribution is 2.24. The summed E-state index contributed by atoms with van der Waals surface area (Å²) in [5, 5.41) is 32.4. The van der Waals surface area contributed by atoms with Gasteiger partial charge in [-0.2, -0.15) is 0 Å². The van der Waals surface area contributed by atoms with E-state index in [0.29, 0.717) is 29.6 Å². The van der Waals surface area contributed by atoms with Crippen LogP contribution in [0.3, 0.4) is 0 Å². The van der Waals surface area contributed by atoms with E-state index in [-0.39, 0.29) is 11.8 Å². The molecule has 3 aromatic carbocycles. The van der Waals surface area contributed by atoms with Crippen molar-refractivity contribution in [2.45, 2.75) is 31.6 Å². The molecule has 0 unspecified atom stereocenters. The second kappa shape index (κ2) is 11.0. The van der Waals surface area contributed by atoms with Crippen molar-refractivity contribution in [2.75, 3.05) is 13.1 Å². The summed E-state index contributed by atoms with van der Waals surface area (Å²) in [5.74, 6) is 0.223. The van der Waals surface area contributed by atoms with Gasteiger partial charge in [0.2, 0.25) is 0 Å². The van der Waals surface area contributed by atoms with Gasteiger partial charge >= 0.3 is 0 Å². The van der Waals surface area contributed by atoms with Gasteiger partial charge in [0.1, 0.15) is 5.75 Å². The van der Waals surface area contributed by atoms with Crippen LogP contribution in [0.5, 0.6) is 5.75 Å². The van der Waals surface area contributed by atoms with Crippen LogP contribution in [0.15, 0.2) is 72.8 Å². The fourth-order valence-electron chi connectivity index (χ4n) is 3.62. The molecule has 164 valence electrons. The molecular formula is C25H27Cl2NO3. The second-order valence-electron chi connectivity index (χ2n) is 7.82. The number of hydrogen-bond donors (Lipinski definition) is 3. The molecule has 0 radical (unpaired) electrons. The highest BCUT2D eigenvalue weighted by atomic mass is 35.5. The summed E-state index contributed by atoms with van der Waals surface area (Å²) in [7, 11) is 0. The summed E-state index contributed by atoms with van der Waals surface area (Å²) < 4.78 is 0. The van der Waals surface area contributed by atoms with Gasteiger partial charge < -0.3 is 15.3 Å². The number of halogens is 2. The molecule has 31 heavy (non-hydrogen) atoms. The van der Waals surface area contributed by atoms with Crippen molar-refractivity contribution in [1.82, 2.24) is 4.90 Å². The van der Waals surface area contributed by atoms with Gasteiger partial charge in [-0.25, -0.2) is 0 Å². The minimum Gasteiger partial charge on any atom is -0.508 e. The lowest BCUT2D eigenvalue weighted by atomic mass is 10.0. The minimum absolute atomic E-state index is 0.0206. The van der Waals surface area contributed by atoms with E-state index in [4.69, 9.17) is 23.2 Å². The fraction of sp³-hybridized carbons (Fsp3) is 0.280. The molecule has 0 saturated carbocycles. The maximum atomic E-state index is 10.9. The van der Waals surface area contributed by atoms with E-state index in [1.807, 2.05) is 36.4 Å². The molecule has 3 atom stereocenters. The van der Waals surface area contributed by atoms with Crippen LogP contribution in [0.1, 0.15) is 35.8 Å². The number of aliphatic hydroxyl groups excluding tert-OH is 2. The lowest BCUT2D eigenvalue weighted by molar-refractivity contribution is 0.0480. The van der Waals surface area contributed by atoms with Gasteiger partial charge in [0, 0.05) is 29.2 Å². The zero-order valence-corrected chi connectivity index (χ0v) is 18.8. The van der Waals surface area contributed by atoms with Crippen LogP contribution in [-0.2, 0) is 6.42 Å². The second-order valence-corrected chi connectivity index (χ2v) is 8.69. The number of rotatable bonds is 9. The fourth-order valence-corrected chi connectivity index (χ4v) is 4.02. The number of aromatic hydroxyl groups is 1. The number of benzene rings is 3. The van der Waals surface area contributed by atoms with Crippen LogP contribution in [-0.4, -0.2) is 39.4 Å². The van der Waals surface area contributed by atoms with E-state index in [1.165, 1.54) is 0 Å². The van der Waals surface area contributed by atoms with Crippen LogP contribution in [0.4, 0.5) is 0 Å². The predicted molar refractivity (Wildman–Crippen MR) is 126 cm³/mol. The molecule has 0 aliphatic carbocycles. The Labute approximate surface area is 193 Å². The van der Waals surface area contributed by atoms with Crippen LogP contribution in [0, 0.1) is 0 Å². The number of phenols is 1. The van der Waals surface area contributed by atoms with Gasteiger partial charge in [0.15, 0.2) is 0 Å². The van der Waals surface area contributed by atoms with E-state index in [0.717, 1.165) is 16.7 Å². The predicted octanol–water partition coefficient (Wildman–Crippen LogP) is 5.40. The van der Waals surface area contributed by atoms with E-state index < -0.39 is 12.2 Å². The maximum absolute atomic E-state index is 10.9. The molecule has 0 aromatic heterocycles. The topological polar surface area (TPSA) is 63.9 Å². The van der Waals surface area contributed by atoms with Gasteiger partial charge in [-0.1, -0.05) is 59.6 Å². The molecule has 0 fully saturated rings. The third-order valence-electron chi connectivity index (χ3n) is 5.37. The molecular weight excluding hydrogens is 433 g/mol. The summed E-state index contributed by atoms with van der Waals surface area (Å²) in [6.07, 6.45) is -0.815. The molecule has 6 heteroatoms. The number of aliphatic hydroxyl groups is 2. The third-order valence-corrected chi connectivity index (χ3v) is 5.84. The van der Waals surface area contributed by atoms with Crippen molar-refractivity contribution in [2.24, 2.45) is 0 Å². The first-order chi connectivity index (χ1) is 14.8. The molecule has 3 rings (SSSR count). The van der Waals surface area contributed by atoms with E-state index in [9.17, 15) is 15.3 Å². The van der Waals surface area contributed by atoms with Crippen molar-refractivity contribution in [3.05, 3.63) is 99.5 Å². The molecule has 0 saturated heterocycles. The van der Waals surface area contributed by atoms with Gasteiger partial charge in [-0.3, -0.25) is 4.90 Å². The van der Waals surface area contributed by atoms with Gasteiger partial charge in [0.05, 0.1) is 12.2 Å². The quantitative estimate of drug-likeness (QED) is 0.400. The van der Waals surface area contributed by atoms with Crippen molar-refractivity contribution >= 4 is 23.2 Å². The molecule has 0 aliphatic rings. The van der Waals surface area contributed by atoms with E-state index >= 15 is 0 Å². The first kappa shape index (κ1) is 23.6. The van der Waals surface area contributed by atoms with Crippen LogP contribution >= 0.6 is 23.2 Å². The molecule has 0 aliphatic heterocycles. The van der Waals surface area contributed by atoms with Crippen molar-refractivity contribution in [1.29, 1.82) is 0 Å². The number of phenolic OH excluding ortho intramolecular Hbond substituents is 1. The maximum Gasteiger partial charge on any atom is 0.115 e. The summed E-state index contributed by atoms with van der Waals surface area (Å²) in [6.45, 7) is 2.72. The Morgan fingerprint density at radius 2 is 1.26 bits per heavy atom. The lowest BCUT2D eigenvalue weighted by Crippen LogP contribution is -2.40. The SMILES string of the molecule is C[C@@H](Cc1ccc(O)cc1)N(C[C@H](O)c1cccc(Cl)c1)C[C@H](O)c1cccc(Cl)c1. The Hall–Kier alpha value is -2.08. The highest BCUT2D eigenvalue weighted by Gasteiger charge is 2.23. The van der Waals surface area contributed by atoms with Crippen LogP contribution < -0.4 is 0 Å². The van der Waals surface area contributed by atoms with E-state index in [2.05, 4.69) is 11.8 Å². The molecule has 3 N–H and O–H groups in total. The monoisotopic (exact) mass is 459 g/mol. The molecule has 0 amide bonds. The Morgan fingerprint density at radius 3 is 1.71 bits per heavy atom. The molecule has 0 spiro atoms. The molecule has 0 bridgehead atoms. The summed E-state index contributed by atoms with van der Waals surface area (Å²) >= 11 is 12.2. The molecule has 0 heterocycles. The average Bonchev–Trinajstić information content (AvgIpc) is 2.74. The summed E-state index contributed by atoms with van der Waals surface area (Å²) in [4.78, 5) is 2.06. The lowest BCUT2D eigenvalue weighted by Gasteiger charge is -2.33. The zero-order valence-electron chi connectivity index (χ0n) is 17.3. The highest BCUT2D eigenvalue weighted by molar-refractivity contribution is 6.30. The van der Waals surface area contributed by atoms with E-state index in [1.54, 1.807) is 36.4 Å². The molecule has 4 nitrogen and oxygen atoms in total. The Balaban J connectivity index is 1.78. The average molecular weight is 460 g/mol. The van der Waals surface area contributed by atoms with Crippen molar-refractivity contribution < 1.29 is 15.3 Å².